The predicted molar refractivity (Wildman–Crippen MR) is 101 cm³/mol. The van der Waals surface area contributed by atoms with Crippen LogP contribution in [0, 0.1) is 0 Å². The smallest absolute Gasteiger partial charge is 0.282 e. The van der Waals surface area contributed by atoms with Gasteiger partial charge in [0.05, 0.1) is 26.2 Å². The average molecular weight is 336 g/mol. The van der Waals surface area contributed by atoms with E-state index < -0.39 is 0 Å². The fourth-order valence-corrected chi connectivity index (χ4v) is 4.14. The molecule has 2 aliphatic heterocycles. The highest BCUT2D eigenvalue weighted by molar-refractivity contribution is 5.96. The number of rotatable bonds is 3. The first-order valence-corrected chi connectivity index (χ1v) is 9.26. The molecule has 0 spiro atoms. The Kier molecular flexibility index (Phi) is 4.45. The number of carbonyl (C=O) groups excluding carboxylic acids is 1. The molecule has 130 valence electrons. The third-order valence-corrected chi connectivity index (χ3v) is 5.47. The molecule has 1 atom stereocenters. The van der Waals surface area contributed by atoms with Gasteiger partial charge < -0.3 is 14.7 Å². The monoisotopic (exact) mass is 336 g/mol. The number of para-hydroxylation sites is 2. The van der Waals surface area contributed by atoms with E-state index in [2.05, 4.69) is 60.4 Å². The van der Waals surface area contributed by atoms with Crippen molar-refractivity contribution in [3.05, 3.63) is 60.2 Å². The zero-order chi connectivity index (χ0) is 17.2. The molecule has 1 N–H and O–H groups in total. The normalized spacial score (nSPS) is 20.6. The minimum absolute atomic E-state index is 0.264. The molecular weight excluding hydrogens is 310 g/mol. The summed E-state index contributed by atoms with van der Waals surface area (Å²) >= 11 is 0. The fraction of sp³-hybridized carbons (Fsp3) is 0.381. The second-order valence-corrected chi connectivity index (χ2v) is 7.19. The van der Waals surface area contributed by atoms with Crippen LogP contribution in [-0.2, 0) is 11.2 Å². The van der Waals surface area contributed by atoms with E-state index in [4.69, 9.17) is 0 Å². The molecule has 2 aliphatic rings. The zero-order valence-corrected chi connectivity index (χ0v) is 14.8. The lowest BCUT2D eigenvalue weighted by atomic mass is 10.1. The highest BCUT2D eigenvalue weighted by Gasteiger charge is 2.33. The third-order valence-electron chi connectivity index (χ3n) is 5.47. The molecule has 0 aromatic heterocycles. The van der Waals surface area contributed by atoms with Crippen molar-refractivity contribution in [2.45, 2.75) is 19.4 Å². The lowest BCUT2D eigenvalue weighted by Crippen LogP contribution is -3.16. The van der Waals surface area contributed by atoms with Gasteiger partial charge in [-0.2, -0.15) is 0 Å². The molecule has 0 radical (unpaired) electrons. The van der Waals surface area contributed by atoms with Crippen molar-refractivity contribution >= 4 is 17.3 Å². The van der Waals surface area contributed by atoms with Crippen LogP contribution in [0.15, 0.2) is 54.6 Å². The highest BCUT2D eigenvalue weighted by Crippen LogP contribution is 2.31. The Morgan fingerprint density at radius 1 is 1.04 bits per heavy atom. The molecular formula is C21H26N3O+. The van der Waals surface area contributed by atoms with E-state index in [9.17, 15) is 4.79 Å². The van der Waals surface area contributed by atoms with Crippen LogP contribution in [0.4, 0.5) is 11.4 Å². The number of carbonyl (C=O) groups is 1. The standard InChI is InChI=1S/C21H25N3O/c1-17-15-18-7-5-6-10-20(18)24(17)21(25)16-22-11-13-23(14-12-22)19-8-3-2-4-9-19/h2-10,17H,11-16H2,1H3/p+1/t17-/m0/s1. The van der Waals surface area contributed by atoms with Gasteiger partial charge in [0.25, 0.3) is 5.91 Å². The van der Waals surface area contributed by atoms with Gasteiger partial charge in [0.2, 0.25) is 0 Å². The Morgan fingerprint density at radius 2 is 1.72 bits per heavy atom. The van der Waals surface area contributed by atoms with Gasteiger partial charge in [0, 0.05) is 17.4 Å². The van der Waals surface area contributed by atoms with E-state index in [1.54, 1.807) is 0 Å². The number of piperazine rings is 1. The van der Waals surface area contributed by atoms with Crippen molar-refractivity contribution < 1.29 is 9.69 Å². The maximum atomic E-state index is 12.9. The number of benzene rings is 2. The first kappa shape index (κ1) is 16.2. The number of fused-ring (bicyclic) bond motifs is 1. The number of anilines is 2. The summed E-state index contributed by atoms with van der Waals surface area (Å²) in [5, 5.41) is 0. The van der Waals surface area contributed by atoms with Crippen molar-refractivity contribution in [2.24, 2.45) is 0 Å². The fourth-order valence-electron chi connectivity index (χ4n) is 4.14. The quantitative estimate of drug-likeness (QED) is 0.917. The van der Waals surface area contributed by atoms with E-state index in [0.29, 0.717) is 6.54 Å². The predicted octanol–water partition coefficient (Wildman–Crippen LogP) is 1.37. The van der Waals surface area contributed by atoms with E-state index in [1.807, 2.05) is 11.0 Å². The van der Waals surface area contributed by atoms with E-state index in [-0.39, 0.29) is 11.9 Å². The van der Waals surface area contributed by atoms with Crippen LogP contribution < -0.4 is 14.7 Å². The highest BCUT2D eigenvalue weighted by atomic mass is 16.2. The maximum Gasteiger partial charge on any atom is 0.282 e. The SMILES string of the molecule is C[C@H]1Cc2ccccc2N1C(=O)C[NH+]1CCN(c2ccccc2)CC1. The topological polar surface area (TPSA) is 28.0 Å². The lowest BCUT2D eigenvalue weighted by molar-refractivity contribution is -0.892. The molecule has 4 heteroatoms. The molecule has 25 heavy (non-hydrogen) atoms. The number of nitrogens with zero attached hydrogens (tertiary/aromatic N) is 2. The largest absolute Gasteiger partial charge is 0.360 e. The van der Waals surface area contributed by atoms with Crippen molar-refractivity contribution in [3.8, 4) is 0 Å². The van der Waals surface area contributed by atoms with Crippen molar-refractivity contribution in [1.82, 2.24) is 0 Å². The van der Waals surface area contributed by atoms with Gasteiger partial charge in [-0.25, -0.2) is 0 Å². The van der Waals surface area contributed by atoms with Crippen LogP contribution >= 0.6 is 0 Å². The van der Waals surface area contributed by atoms with E-state index >= 15 is 0 Å². The summed E-state index contributed by atoms with van der Waals surface area (Å²) in [4.78, 5) is 18.8. The Morgan fingerprint density at radius 3 is 2.48 bits per heavy atom. The molecule has 0 bridgehead atoms. The molecule has 2 aromatic rings. The summed E-state index contributed by atoms with van der Waals surface area (Å²) in [6, 6.07) is 19.2. The molecule has 4 nitrogen and oxygen atoms in total. The molecule has 4 rings (SSSR count). The number of quaternary nitrogens is 1. The van der Waals surface area contributed by atoms with Crippen molar-refractivity contribution in [1.29, 1.82) is 0 Å². The summed E-state index contributed by atoms with van der Waals surface area (Å²) < 4.78 is 0. The van der Waals surface area contributed by atoms with Gasteiger partial charge in [-0.3, -0.25) is 4.79 Å². The Bertz CT molecular complexity index is 738. The van der Waals surface area contributed by atoms with Gasteiger partial charge in [-0.05, 0) is 37.1 Å². The van der Waals surface area contributed by atoms with Gasteiger partial charge in [-0.15, -0.1) is 0 Å². The molecule has 0 saturated carbocycles. The number of amides is 1. The lowest BCUT2D eigenvalue weighted by Gasteiger charge is -2.34. The van der Waals surface area contributed by atoms with Crippen LogP contribution in [0.3, 0.4) is 0 Å². The summed E-state index contributed by atoms with van der Waals surface area (Å²) in [6.45, 7) is 6.81. The molecule has 2 heterocycles. The summed E-state index contributed by atoms with van der Waals surface area (Å²) in [7, 11) is 0. The molecule has 2 aromatic carbocycles. The number of hydrogen-bond acceptors (Lipinski definition) is 2. The second-order valence-electron chi connectivity index (χ2n) is 7.19. The van der Waals surface area contributed by atoms with Gasteiger partial charge >= 0.3 is 0 Å². The second kappa shape index (κ2) is 6.89. The first-order chi connectivity index (χ1) is 12.2. The van der Waals surface area contributed by atoms with Crippen LogP contribution in [0.5, 0.6) is 0 Å². The van der Waals surface area contributed by atoms with E-state index in [1.165, 1.54) is 16.2 Å². The first-order valence-electron chi connectivity index (χ1n) is 9.26. The zero-order valence-electron chi connectivity index (χ0n) is 14.8. The Hall–Kier alpha value is -2.33. The summed E-state index contributed by atoms with van der Waals surface area (Å²) in [5.74, 6) is 0.264. The molecule has 1 fully saturated rings. The van der Waals surface area contributed by atoms with Gasteiger partial charge in [-0.1, -0.05) is 36.4 Å². The van der Waals surface area contributed by atoms with Crippen LogP contribution in [0.2, 0.25) is 0 Å². The molecule has 1 amide bonds. The Labute approximate surface area is 149 Å². The maximum absolute atomic E-state index is 12.9. The summed E-state index contributed by atoms with van der Waals surface area (Å²) in [5.41, 5.74) is 3.70. The molecule has 0 aliphatic carbocycles. The van der Waals surface area contributed by atoms with E-state index in [0.717, 1.165) is 38.3 Å². The third kappa shape index (κ3) is 3.27. The van der Waals surface area contributed by atoms with Crippen LogP contribution in [0.25, 0.3) is 0 Å². The van der Waals surface area contributed by atoms with Gasteiger partial charge in [0.15, 0.2) is 6.54 Å². The minimum Gasteiger partial charge on any atom is -0.360 e. The average Bonchev–Trinajstić information content (AvgIpc) is 2.99. The molecule has 0 unspecified atom stereocenters. The van der Waals surface area contributed by atoms with Gasteiger partial charge in [0.1, 0.15) is 0 Å². The van der Waals surface area contributed by atoms with Crippen molar-refractivity contribution in [2.75, 3.05) is 42.5 Å². The molecule has 1 saturated heterocycles. The van der Waals surface area contributed by atoms with Crippen molar-refractivity contribution in [3.63, 3.8) is 0 Å². The number of hydrogen-bond donors (Lipinski definition) is 1. The van der Waals surface area contributed by atoms with Crippen LogP contribution in [-0.4, -0.2) is 44.7 Å². The minimum atomic E-state index is 0.264. The summed E-state index contributed by atoms with van der Waals surface area (Å²) in [6.07, 6.45) is 0.971. The van der Waals surface area contributed by atoms with Crippen LogP contribution in [0.1, 0.15) is 12.5 Å². The number of nitrogens with one attached hydrogen (secondary N) is 1. The Balaban J connectivity index is 1.37.